The first-order valence-corrected chi connectivity index (χ1v) is 11.4. The zero-order valence-electron chi connectivity index (χ0n) is 21.8. The first kappa shape index (κ1) is 23.8. The second-order valence-corrected chi connectivity index (χ2v) is 10.0. The van der Waals surface area contributed by atoms with E-state index in [1.165, 1.54) is 5.69 Å². The monoisotopic (exact) mass is 462 g/mol. The molecule has 0 aromatic heterocycles. The van der Waals surface area contributed by atoms with Crippen LogP contribution in [0.25, 0.3) is 0 Å². The molecular weight excluding hydrogens is 426 g/mol. The van der Waals surface area contributed by atoms with Gasteiger partial charge in [0.2, 0.25) is 0 Å². The summed E-state index contributed by atoms with van der Waals surface area (Å²) < 4.78 is 19.1. The average Bonchev–Trinajstić information content (AvgIpc) is 2.80. The molecule has 0 saturated carbocycles. The standard InChI is InChI=1S/C28H36N3O3/c1-29(2)18-10-12-22-24(14-18)34-26-16-19(30(3)4)15-25(33-9)28(26)27(22)21-13-11-20(31(5,6)7)17-23(21)32-8/h10-17,27H,1-9H3/q+1. The molecule has 34 heavy (non-hydrogen) atoms. The van der Waals surface area contributed by atoms with Crippen LogP contribution >= 0.6 is 0 Å². The minimum atomic E-state index is -0.0995. The minimum absolute atomic E-state index is 0.0995. The second kappa shape index (κ2) is 8.76. The van der Waals surface area contributed by atoms with Gasteiger partial charge in [-0.25, -0.2) is 0 Å². The van der Waals surface area contributed by atoms with Gasteiger partial charge in [0.1, 0.15) is 28.7 Å². The van der Waals surface area contributed by atoms with E-state index in [9.17, 15) is 0 Å². The summed E-state index contributed by atoms with van der Waals surface area (Å²) in [4.78, 5) is 4.14. The third-order valence-electron chi connectivity index (χ3n) is 6.46. The van der Waals surface area contributed by atoms with Gasteiger partial charge in [-0.15, -0.1) is 0 Å². The smallest absolute Gasteiger partial charge is 0.137 e. The molecule has 1 atom stereocenters. The SMILES string of the molecule is COc1cc([N+](C)(C)C)ccc1C1c2ccc(N(C)C)cc2Oc2cc(N(C)C)cc(OC)c21. The maximum absolute atomic E-state index is 6.53. The third-order valence-corrected chi connectivity index (χ3v) is 6.46. The van der Waals surface area contributed by atoms with Crippen molar-refractivity contribution in [1.82, 2.24) is 4.48 Å². The summed E-state index contributed by atoms with van der Waals surface area (Å²) in [7, 11) is 18.0. The number of ether oxygens (including phenoxy) is 3. The maximum atomic E-state index is 6.53. The molecule has 0 bridgehead atoms. The lowest BCUT2D eigenvalue weighted by atomic mass is 9.81. The molecule has 0 fully saturated rings. The van der Waals surface area contributed by atoms with E-state index in [2.05, 4.69) is 79.5 Å². The van der Waals surface area contributed by atoms with Gasteiger partial charge in [-0.05, 0) is 18.2 Å². The first-order valence-electron chi connectivity index (χ1n) is 11.4. The molecule has 1 unspecified atom stereocenters. The number of fused-ring (bicyclic) bond motifs is 2. The Labute approximate surface area is 203 Å². The molecule has 3 aromatic rings. The molecule has 0 spiro atoms. The molecule has 0 aliphatic carbocycles. The van der Waals surface area contributed by atoms with Crippen molar-refractivity contribution in [1.29, 1.82) is 0 Å². The number of methoxy groups -OCH3 is 2. The van der Waals surface area contributed by atoms with Gasteiger partial charge in [0.05, 0.1) is 35.4 Å². The van der Waals surface area contributed by atoms with Gasteiger partial charge in [0.15, 0.2) is 0 Å². The van der Waals surface area contributed by atoms with Crippen LogP contribution in [0.4, 0.5) is 17.1 Å². The van der Waals surface area contributed by atoms with Crippen molar-refractivity contribution in [2.45, 2.75) is 5.92 Å². The number of benzene rings is 3. The van der Waals surface area contributed by atoms with Crippen LogP contribution in [-0.2, 0) is 0 Å². The quantitative estimate of drug-likeness (QED) is 0.363. The van der Waals surface area contributed by atoms with Gasteiger partial charge < -0.3 is 24.0 Å². The van der Waals surface area contributed by atoms with Gasteiger partial charge in [-0.3, -0.25) is 4.48 Å². The van der Waals surface area contributed by atoms with Crippen molar-refractivity contribution >= 4 is 17.1 Å². The Morgan fingerprint density at radius 1 is 0.706 bits per heavy atom. The Morgan fingerprint density at radius 2 is 1.32 bits per heavy atom. The highest BCUT2D eigenvalue weighted by atomic mass is 16.5. The van der Waals surface area contributed by atoms with E-state index in [-0.39, 0.29) is 5.92 Å². The van der Waals surface area contributed by atoms with E-state index in [0.717, 1.165) is 51.1 Å². The molecule has 3 aromatic carbocycles. The molecule has 6 nitrogen and oxygen atoms in total. The van der Waals surface area contributed by atoms with E-state index in [4.69, 9.17) is 14.2 Å². The van der Waals surface area contributed by atoms with Crippen LogP contribution in [0, 0.1) is 0 Å². The zero-order chi connectivity index (χ0) is 24.8. The van der Waals surface area contributed by atoms with E-state index in [1.807, 2.05) is 28.2 Å². The lowest BCUT2D eigenvalue weighted by Gasteiger charge is -2.33. The topological polar surface area (TPSA) is 34.2 Å². The van der Waals surface area contributed by atoms with Crippen LogP contribution in [0.5, 0.6) is 23.0 Å². The van der Waals surface area contributed by atoms with Crippen LogP contribution in [0.2, 0.25) is 0 Å². The molecule has 0 amide bonds. The Bertz CT molecular complexity index is 1210. The first-order chi connectivity index (χ1) is 16.0. The van der Waals surface area contributed by atoms with Crippen LogP contribution in [-0.4, -0.2) is 63.6 Å². The Balaban J connectivity index is 2.01. The zero-order valence-corrected chi connectivity index (χ0v) is 21.8. The molecule has 0 saturated heterocycles. The molecular formula is C28H36N3O3+. The highest BCUT2D eigenvalue weighted by Gasteiger charge is 2.35. The van der Waals surface area contributed by atoms with Crippen molar-refractivity contribution in [3.05, 3.63) is 65.2 Å². The van der Waals surface area contributed by atoms with Crippen molar-refractivity contribution in [3.8, 4) is 23.0 Å². The van der Waals surface area contributed by atoms with Crippen molar-refractivity contribution in [2.75, 3.05) is 73.4 Å². The largest absolute Gasteiger partial charge is 0.496 e. The fourth-order valence-electron chi connectivity index (χ4n) is 4.46. The number of anilines is 2. The third kappa shape index (κ3) is 4.14. The van der Waals surface area contributed by atoms with Crippen LogP contribution < -0.4 is 28.5 Å². The molecule has 4 rings (SSSR count). The summed E-state index contributed by atoms with van der Waals surface area (Å²) in [5.74, 6) is 3.20. The van der Waals surface area contributed by atoms with Crippen LogP contribution in [0.15, 0.2) is 48.5 Å². The number of hydrogen-bond acceptors (Lipinski definition) is 5. The fourth-order valence-corrected chi connectivity index (χ4v) is 4.46. The van der Waals surface area contributed by atoms with Gasteiger partial charge in [0.25, 0.3) is 0 Å². The number of quaternary nitrogens is 1. The summed E-state index contributed by atoms with van der Waals surface area (Å²) in [5, 5.41) is 0. The predicted molar refractivity (Wildman–Crippen MR) is 142 cm³/mol. The molecule has 6 heteroatoms. The van der Waals surface area contributed by atoms with Gasteiger partial charge >= 0.3 is 0 Å². The fraction of sp³-hybridized carbons (Fsp3) is 0.357. The number of rotatable bonds is 6. The van der Waals surface area contributed by atoms with E-state index in [0.29, 0.717) is 4.48 Å². The Morgan fingerprint density at radius 3 is 1.91 bits per heavy atom. The molecule has 1 aliphatic rings. The lowest BCUT2D eigenvalue weighted by Crippen LogP contribution is -2.34. The van der Waals surface area contributed by atoms with Crippen LogP contribution in [0.1, 0.15) is 22.6 Å². The number of hydrogen-bond donors (Lipinski definition) is 0. The molecule has 0 N–H and O–H groups in total. The summed E-state index contributed by atoms with van der Waals surface area (Å²) >= 11 is 0. The molecule has 180 valence electrons. The average molecular weight is 463 g/mol. The predicted octanol–water partition coefficient (Wildman–Crippen LogP) is 5.32. The molecule has 1 heterocycles. The van der Waals surface area contributed by atoms with Crippen molar-refractivity contribution in [3.63, 3.8) is 0 Å². The maximum Gasteiger partial charge on any atom is 0.137 e. The van der Waals surface area contributed by atoms with Gasteiger partial charge in [-0.1, -0.05) is 6.07 Å². The van der Waals surface area contributed by atoms with E-state index >= 15 is 0 Å². The van der Waals surface area contributed by atoms with Crippen LogP contribution in [0.3, 0.4) is 0 Å². The highest BCUT2D eigenvalue weighted by Crippen LogP contribution is 2.54. The highest BCUT2D eigenvalue weighted by molar-refractivity contribution is 5.71. The summed E-state index contributed by atoms with van der Waals surface area (Å²) in [6, 6.07) is 17.1. The molecule has 1 aliphatic heterocycles. The normalized spacial score (nSPS) is 14.6. The number of nitrogens with zero attached hydrogens (tertiary/aromatic N) is 3. The summed E-state index contributed by atoms with van der Waals surface area (Å²) in [6.45, 7) is 0. The van der Waals surface area contributed by atoms with Crippen molar-refractivity contribution < 1.29 is 14.2 Å². The second-order valence-electron chi connectivity index (χ2n) is 10.0. The van der Waals surface area contributed by atoms with Gasteiger partial charge in [-0.2, -0.15) is 0 Å². The van der Waals surface area contributed by atoms with Gasteiger partial charge in [0, 0.05) is 86.4 Å². The summed E-state index contributed by atoms with van der Waals surface area (Å²) in [5.41, 5.74) is 6.46. The van der Waals surface area contributed by atoms with E-state index < -0.39 is 0 Å². The Hall–Kier alpha value is -3.38. The Kier molecular flexibility index (Phi) is 6.13. The van der Waals surface area contributed by atoms with E-state index in [1.54, 1.807) is 14.2 Å². The lowest BCUT2D eigenvalue weighted by molar-refractivity contribution is 0.387. The molecule has 0 radical (unpaired) electrons. The minimum Gasteiger partial charge on any atom is -0.496 e. The van der Waals surface area contributed by atoms with Crippen molar-refractivity contribution in [2.24, 2.45) is 0 Å². The summed E-state index contributed by atoms with van der Waals surface area (Å²) in [6.07, 6.45) is 0.